The summed E-state index contributed by atoms with van der Waals surface area (Å²) < 4.78 is 9.81. The smallest absolute Gasteiger partial charge is 0.345 e. The van der Waals surface area contributed by atoms with E-state index in [9.17, 15) is 14.4 Å². The summed E-state index contributed by atoms with van der Waals surface area (Å²) in [4.78, 5) is 35.9. The molecule has 2 aromatic rings. The molecular formula is C18H18N2O5. The van der Waals surface area contributed by atoms with E-state index in [0.717, 1.165) is 5.56 Å². The molecule has 1 heterocycles. The van der Waals surface area contributed by atoms with Crippen molar-refractivity contribution in [1.82, 2.24) is 10.2 Å². The number of esters is 2. The molecule has 1 aromatic heterocycles. The van der Waals surface area contributed by atoms with Gasteiger partial charge in [0, 0.05) is 17.2 Å². The zero-order valence-corrected chi connectivity index (χ0v) is 13.9. The van der Waals surface area contributed by atoms with E-state index < -0.39 is 17.5 Å². The molecule has 2 rings (SSSR count). The number of hydrogen-bond acceptors (Lipinski definition) is 6. The van der Waals surface area contributed by atoms with Crippen LogP contribution in [0, 0.1) is 0 Å². The van der Waals surface area contributed by atoms with Crippen LogP contribution < -0.4 is 5.56 Å². The van der Waals surface area contributed by atoms with Crippen molar-refractivity contribution in [3.8, 4) is 11.3 Å². The van der Waals surface area contributed by atoms with Crippen LogP contribution >= 0.6 is 0 Å². The number of ether oxygens (including phenoxy) is 2. The molecule has 0 radical (unpaired) electrons. The highest BCUT2D eigenvalue weighted by Crippen LogP contribution is 2.22. The van der Waals surface area contributed by atoms with Crippen molar-refractivity contribution < 1.29 is 19.1 Å². The monoisotopic (exact) mass is 342 g/mol. The fraction of sp³-hybridized carbons (Fsp3) is 0.222. The zero-order valence-electron chi connectivity index (χ0n) is 13.9. The van der Waals surface area contributed by atoms with E-state index in [1.807, 2.05) is 18.2 Å². The van der Waals surface area contributed by atoms with Crippen molar-refractivity contribution in [3.63, 3.8) is 0 Å². The van der Waals surface area contributed by atoms with Gasteiger partial charge in [-0.1, -0.05) is 30.3 Å². The Bertz CT molecular complexity index is 820. The Kier molecular flexibility index (Phi) is 6.22. The average molecular weight is 342 g/mol. The summed E-state index contributed by atoms with van der Waals surface area (Å²) in [5, 5.41) is 6.38. The number of rotatable bonds is 6. The molecule has 0 saturated carbocycles. The number of hydrogen-bond donors (Lipinski definition) is 1. The van der Waals surface area contributed by atoms with Gasteiger partial charge in [0.25, 0.3) is 5.56 Å². The van der Waals surface area contributed by atoms with Gasteiger partial charge in [-0.05, 0) is 19.9 Å². The molecule has 25 heavy (non-hydrogen) atoms. The van der Waals surface area contributed by atoms with Gasteiger partial charge in [0.05, 0.1) is 18.9 Å². The number of aromatic amines is 1. The van der Waals surface area contributed by atoms with E-state index in [0.29, 0.717) is 11.3 Å². The van der Waals surface area contributed by atoms with Crippen molar-refractivity contribution in [3.05, 3.63) is 57.9 Å². The molecule has 130 valence electrons. The van der Waals surface area contributed by atoms with Crippen molar-refractivity contribution in [2.75, 3.05) is 13.2 Å². The van der Waals surface area contributed by atoms with Gasteiger partial charge < -0.3 is 9.47 Å². The van der Waals surface area contributed by atoms with Crippen molar-refractivity contribution >= 4 is 18.0 Å². The van der Waals surface area contributed by atoms with Gasteiger partial charge in [0.15, 0.2) is 0 Å². The average Bonchev–Trinajstić information content (AvgIpc) is 2.61. The lowest BCUT2D eigenvalue weighted by atomic mass is 10.0. The molecular weight excluding hydrogens is 324 g/mol. The van der Waals surface area contributed by atoms with Gasteiger partial charge in [0.2, 0.25) is 0 Å². The Morgan fingerprint density at radius 2 is 1.68 bits per heavy atom. The van der Waals surface area contributed by atoms with Gasteiger partial charge >= 0.3 is 11.9 Å². The third kappa shape index (κ3) is 4.63. The number of benzene rings is 1. The van der Waals surface area contributed by atoms with Crippen LogP contribution in [0.1, 0.15) is 19.4 Å². The highest BCUT2D eigenvalue weighted by atomic mass is 16.6. The molecule has 0 bridgehead atoms. The van der Waals surface area contributed by atoms with Gasteiger partial charge in [-0.2, -0.15) is 5.10 Å². The van der Waals surface area contributed by atoms with Crippen LogP contribution in [-0.4, -0.2) is 35.3 Å². The van der Waals surface area contributed by atoms with E-state index >= 15 is 0 Å². The summed E-state index contributed by atoms with van der Waals surface area (Å²) in [6, 6.07) is 10.3. The molecule has 0 fully saturated rings. The fourth-order valence-electron chi connectivity index (χ4n) is 2.13. The molecule has 1 N–H and O–H groups in total. The van der Waals surface area contributed by atoms with Crippen LogP contribution in [0.3, 0.4) is 0 Å². The molecule has 0 spiro atoms. The summed E-state index contributed by atoms with van der Waals surface area (Å²) >= 11 is 0. The molecule has 7 nitrogen and oxygen atoms in total. The Hall–Kier alpha value is -3.22. The van der Waals surface area contributed by atoms with E-state index in [1.54, 1.807) is 26.0 Å². The topological polar surface area (TPSA) is 98.4 Å². The number of carbonyl (C=O) groups excluding carboxylic acids is 2. The predicted octanol–water partition coefficient (Wildman–Crippen LogP) is 1.95. The predicted molar refractivity (Wildman–Crippen MR) is 91.5 cm³/mol. The largest absolute Gasteiger partial charge is 0.462 e. The molecule has 0 aliphatic carbocycles. The van der Waals surface area contributed by atoms with Crippen LogP contribution in [0.15, 0.2) is 46.8 Å². The standard InChI is InChI=1S/C18H18N2O5/c1-3-24-17(22)14(18(23)25-4-2)10-13-11-15(21)19-20-16(13)12-8-6-5-7-9-12/h5-11H,3-4H2,1-2H3,(H,19,21). The highest BCUT2D eigenvalue weighted by molar-refractivity contribution is 6.18. The Labute approximate surface area is 144 Å². The van der Waals surface area contributed by atoms with Crippen molar-refractivity contribution in [2.45, 2.75) is 13.8 Å². The summed E-state index contributed by atoms with van der Waals surface area (Å²) in [6.07, 6.45) is 1.26. The summed E-state index contributed by atoms with van der Waals surface area (Å²) in [5.41, 5.74) is 0.695. The van der Waals surface area contributed by atoms with E-state index in [2.05, 4.69) is 10.2 Å². The molecule has 7 heteroatoms. The maximum Gasteiger partial charge on any atom is 0.345 e. The number of nitrogens with zero attached hydrogens (tertiary/aromatic N) is 1. The molecule has 0 unspecified atom stereocenters. The lowest BCUT2D eigenvalue weighted by molar-refractivity contribution is -0.146. The van der Waals surface area contributed by atoms with Crippen molar-refractivity contribution in [2.24, 2.45) is 0 Å². The number of carbonyl (C=O) groups is 2. The first kappa shape index (κ1) is 18.1. The van der Waals surface area contributed by atoms with Crippen LogP contribution in [-0.2, 0) is 19.1 Å². The second-order valence-electron chi connectivity index (χ2n) is 4.90. The molecule has 1 aromatic carbocycles. The van der Waals surface area contributed by atoms with E-state index in [-0.39, 0.29) is 18.8 Å². The quantitative estimate of drug-likeness (QED) is 0.373. The SMILES string of the molecule is CCOC(=O)C(=Cc1cc(=O)[nH]nc1-c1ccccc1)C(=O)OCC. The molecule has 0 aliphatic heterocycles. The van der Waals surface area contributed by atoms with Gasteiger partial charge in [-0.3, -0.25) is 4.79 Å². The maximum absolute atomic E-state index is 12.1. The van der Waals surface area contributed by atoms with Gasteiger partial charge in [-0.25, -0.2) is 14.7 Å². The molecule has 0 atom stereocenters. The summed E-state index contributed by atoms with van der Waals surface area (Å²) in [6.45, 7) is 3.47. The van der Waals surface area contributed by atoms with Crippen LogP contribution in [0.5, 0.6) is 0 Å². The minimum Gasteiger partial charge on any atom is -0.462 e. The second-order valence-corrected chi connectivity index (χ2v) is 4.90. The van der Waals surface area contributed by atoms with Crippen LogP contribution in [0.25, 0.3) is 17.3 Å². The number of nitrogens with one attached hydrogen (secondary N) is 1. The minimum absolute atomic E-state index is 0.106. The molecule has 0 aliphatic rings. The number of aromatic nitrogens is 2. The lowest BCUT2D eigenvalue weighted by Crippen LogP contribution is -2.19. The molecule has 0 saturated heterocycles. The van der Waals surface area contributed by atoms with E-state index in [4.69, 9.17) is 9.47 Å². The van der Waals surface area contributed by atoms with Crippen molar-refractivity contribution in [1.29, 1.82) is 0 Å². The first-order valence-electron chi connectivity index (χ1n) is 7.77. The van der Waals surface area contributed by atoms with Gasteiger partial charge in [0.1, 0.15) is 5.57 Å². The number of H-pyrrole nitrogens is 1. The highest BCUT2D eigenvalue weighted by Gasteiger charge is 2.22. The Morgan fingerprint density at radius 3 is 2.24 bits per heavy atom. The normalized spacial score (nSPS) is 10.0. The summed E-state index contributed by atoms with van der Waals surface area (Å²) in [5.74, 6) is -1.64. The fourth-order valence-corrected chi connectivity index (χ4v) is 2.13. The second kappa shape index (κ2) is 8.58. The molecule has 0 amide bonds. The third-order valence-corrected chi connectivity index (χ3v) is 3.18. The van der Waals surface area contributed by atoms with Crippen LogP contribution in [0.2, 0.25) is 0 Å². The zero-order chi connectivity index (χ0) is 18.2. The third-order valence-electron chi connectivity index (χ3n) is 3.18. The maximum atomic E-state index is 12.1. The van der Waals surface area contributed by atoms with E-state index in [1.165, 1.54) is 12.1 Å². The first-order valence-corrected chi connectivity index (χ1v) is 7.77. The summed E-state index contributed by atoms with van der Waals surface area (Å²) in [7, 11) is 0. The first-order chi connectivity index (χ1) is 12.1. The lowest BCUT2D eigenvalue weighted by Gasteiger charge is -2.08. The van der Waals surface area contributed by atoms with Crippen LogP contribution in [0.4, 0.5) is 0 Å². The Morgan fingerprint density at radius 1 is 1.08 bits per heavy atom. The Balaban J connectivity index is 2.58. The van der Waals surface area contributed by atoms with Gasteiger partial charge in [-0.15, -0.1) is 0 Å². The minimum atomic E-state index is -0.819.